The number of hydrogen-bond acceptors (Lipinski definition) is 4. The van der Waals surface area contributed by atoms with Crippen molar-refractivity contribution >= 4 is 27.3 Å². The van der Waals surface area contributed by atoms with Crippen LogP contribution in [-0.4, -0.2) is 21.4 Å². The van der Waals surface area contributed by atoms with Crippen molar-refractivity contribution in [3.05, 3.63) is 83.4 Å². The second-order valence-corrected chi connectivity index (χ2v) is 8.32. The molecule has 0 heterocycles. The first-order chi connectivity index (χ1) is 13.8. The second-order valence-electron chi connectivity index (χ2n) is 6.63. The molecule has 3 aromatic rings. The van der Waals surface area contributed by atoms with Gasteiger partial charge in [-0.05, 0) is 55.8 Å². The molecule has 2 N–H and O–H groups in total. The lowest BCUT2D eigenvalue weighted by molar-refractivity contribution is 0.102. The van der Waals surface area contributed by atoms with Crippen LogP contribution in [0.5, 0.6) is 5.75 Å². The lowest BCUT2D eigenvalue weighted by Gasteiger charge is -2.12. The predicted molar refractivity (Wildman–Crippen MR) is 114 cm³/mol. The molecule has 0 radical (unpaired) electrons. The molecule has 29 heavy (non-hydrogen) atoms. The van der Waals surface area contributed by atoms with E-state index in [4.69, 9.17) is 4.74 Å². The third kappa shape index (κ3) is 4.94. The minimum Gasteiger partial charge on any atom is -0.497 e. The molecular formula is C22H22N2O4S. The minimum absolute atomic E-state index is 0.0134. The molecule has 1 amide bonds. The zero-order valence-electron chi connectivity index (χ0n) is 16.4. The Balaban J connectivity index is 1.86. The number of rotatable bonds is 6. The Morgan fingerprint density at radius 1 is 0.897 bits per heavy atom. The molecule has 3 rings (SSSR count). The summed E-state index contributed by atoms with van der Waals surface area (Å²) < 4.78 is 33.2. The molecule has 0 unspecified atom stereocenters. The summed E-state index contributed by atoms with van der Waals surface area (Å²) in [5.74, 6) is 0.210. The Morgan fingerprint density at radius 3 is 2.31 bits per heavy atom. The molecular weight excluding hydrogens is 388 g/mol. The van der Waals surface area contributed by atoms with Crippen LogP contribution in [-0.2, 0) is 10.0 Å². The summed E-state index contributed by atoms with van der Waals surface area (Å²) in [5, 5.41) is 2.77. The number of methoxy groups -OCH3 is 1. The van der Waals surface area contributed by atoms with Crippen LogP contribution in [0.3, 0.4) is 0 Å². The first kappa shape index (κ1) is 20.4. The van der Waals surface area contributed by atoms with E-state index >= 15 is 0 Å². The summed E-state index contributed by atoms with van der Waals surface area (Å²) in [7, 11) is -2.29. The fraction of sp³-hybridized carbons (Fsp3) is 0.136. The van der Waals surface area contributed by atoms with Crippen LogP contribution in [0.2, 0.25) is 0 Å². The number of ether oxygens (including phenoxy) is 1. The molecule has 3 aromatic carbocycles. The molecule has 150 valence electrons. The van der Waals surface area contributed by atoms with E-state index in [1.165, 1.54) is 12.1 Å². The molecule has 0 saturated carbocycles. The average molecular weight is 410 g/mol. The number of benzene rings is 3. The summed E-state index contributed by atoms with van der Waals surface area (Å²) in [6, 6.07) is 18.4. The Bertz CT molecular complexity index is 1140. The van der Waals surface area contributed by atoms with Gasteiger partial charge in [0.05, 0.1) is 12.0 Å². The highest BCUT2D eigenvalue weighted by Gasteiger charge is 2.18. The molecule has 6 nitrogen and oxygen atoms in total. The van der Waals surface area contributed by atoms with Gasteiger partial charge in [-0.1, -0.05) is 29.8 Å². The molecule has 0 saturated heterocycles. The topological polar surface area (TPSA) is 84.5 Å². The average Bonchev–Trinajstić information content (AvgIpc) is 2.69. The van der Waals surface area contributed by atoms with Crippen molar-refractivity contribution in [2.45, 2.75) is 18.7 Å². The van der Waals surface area contributed by atoms with Crippen LogP contribution in [0.1, 0.15) is 21.5 Å². The van der Waals surface area contributed by atoms with Crippen LogP contribution >= 0.6 is 0 Å². The van der Waals surface area contributed by atoms with E-state index < -0.39 is 15.9 Å². The van der Waals surface area contributed by atoms with Crippen LogP contribution in [0, 0.1) is 13.8 Å². The zero-order chi connectivity index (χ0) is 21.0. The molecule has 0 aromatic heterocycles. The van der Waals surface area contributed by atoms with E-state index in [9.17, 15) is 13.2 Å². The summed E-state index contributed by atoms with van der Waals surface area (Å²) in [6.07, 6.45) is 0. The molecule has 7 heteroatoms. The van der Waals surface area contributed by atoms with Gasteiger partial charge in [0.2, 0.25) is 0 Å². The molecule has 0 spiro atoms. The Morgan fingerprint density at radius 2 is 1.62 bits per heavy atom. The monoisotopic (exact) mass is 410 g/mol. The predicted octanol–water partition coefficient (Wildman–Crippen LogP) is 4.37. The maximum atomic E-state index is 12.8. The highest BCUT2D eigenvalue weighted by Crippen LogP contribution is 2.22. The molecule has 0 fully saturated rings. The van der Waals surface area contributed by atoms with Gasteiger partial charge >= 0.3 is 0 Å². The third-order valence-corrected chi connectivity index (χ3v) is 5.77. The van der Waals surface area contributed by atoms with Crippen molar-refractivity contribution < 1.29 is 17.9 Å². The number of sulfonamides is 1. The first-order valence-corrected chi connectivity index (χ1v) is 10.4. The highest BCUT2D eigenvalue weighted by molar-refractivity contribution is 7.92. The number of amides is 1. The number of nitrogens with one attached hydrogen (secondary N) is 2. The van der Waals surface area contributed by atoms with Gasteiger partial charge in [0.1, 0.15) is 5.75 Å². The van der Waals surface area contributed by atoms with E-state index in [-0.39, 0.29) is 10.5 Å². The Labute approximate surface area is 170 Å². The highest BCUT2D eigenvalue weighted by atomic mass is 32.2. The van der Waals surface area contributed by atoms with E-state index in [1.54, 1.807) is 56.5 Å². The smallest absolute Gasteiger partial charge is 0.261 e. The van der Waals surface area contributed by atoms with Gasteiger partial charge in [-0.2, -0.15) is 0 Å². The molecule has 0 bridgehead atoms. The fourth-order valence-electron chi connectivity index (χ4n) is 2.75. The van der Waals surface area contributed by atoms with Gasteiger partial charge in [-0.15, -0.1) is 0 Å². The van der Waals surface area contributed by atoms with Crippen molar-refractivity contribution in [2.24, 2.45) is 0 Å². The van der Waals surface area contributed by atoms with Crippen LogP contribution in [0.15, 0.2) is 71.6 Å². The van der Waals surface area contributed by atoms with Crippen molar-refractivity contribution in [1.82, 2.24) is 0 Å². The normalized spacial score (nSPS) is 11.0. The van der Waals surface area contributed by atoms with E-state index in [1.807, 2.05) is 19.1 Å². The van der Waals surface area contributed by atoms with Gasteiger partial charge in [0.25, 0.3) is 15.9 Å². The largest absolute Gasteiger partial charge is 0.497 e. The standard InChI is InChI=1S/C22H22N2O4S/c1-15-7-10-17(11-8-15)24-29(26,27)20-12-9-16(2)21(14-20)22(25)23-18-5-4-6-19(13-18)28-3/h4-14,24H,1-3H3,(H,23,25). The maximum Gasteiger partial charge on any atom is 0.261 e. The lowest BCUT2D eigenvalue weighted by atomic mass is 10.1. The van der Waals surface area contributed by atoms with Gasteiger partial charge in [-0.25, -0.2) is 8.42 Å². The van der Waals surface area contributed by atoms with Crippen LogP contribution < -0.4 is 14.8 Å². The van der Waals surface area contributed by atoms with Gasteiger partial charge in [-0.3, -0.25) is 9.52 Å². The Kier molecular flexibility index (Phi) is 5.89. The number of carbonyl (C=O) groups excluding carboxylic acids is 1. The van der Waals surface area contributed by atoms with E-state index in [0.717, 1.165) is 5.56 Å². The Hall–Kier alpha value is -3.32. The second kappa shape index (κ2) is 8.36. The number of aryl methyl sites for hydroxylation is 2. The zero-order valence-corrected chi connectivity index (χ0v) is 17.2. The lowest BCUT2D eigenvalue weighted by Crippen LogP contribution is -2.17. The minimum atomic E-state index is -3.83. The summed E-state index contributed by atoms with van der Waals surface area (Å²) in [5.41, 5.74) is 2.98. The molecule has 0 aliphatic heterocycles. The molecule has 0 aliphatic rings. The number of carbonyl (C=O) groups is 1. The van der Waals surface area contributed by atoms with Crippen LogP contribution in [0.4, 0.5) is 11.4 Å². The van der Waals surface area contributed by atoms with Gasteiger partial charge in [0, 0.05) is 23.0 Å². The van der Waals surface area contributed by atoms with Gasteiger partial charge in [0.15, 0.2) is 0 Å². The van der Waals surface area contributed by atoms with Crippen molar-refractivity contribution in [3.63, 3.8) is 0 Å². The summed E-state index contributed by atoms with van der Waals surface area (Å²) >= 11 is 0. The van der Waals surface area contributed by atoms with E-state index in [0.29, 0.717) is 22.7 Å². The first-order valence-electron chi connectivity index (χ1n) is 8.94. The molecule has 0 atom stereocenters. The van der Waals surface area contributed by atoms with Crippen molar-refractivity contribution in [3.8, 4) is 5.75 Å². The van der Waals surface area contributed by atoms with Crippen molar-refractivity contribution in [2.75, 3.05) is 17.1 Å². The van der Waals surface area contributed by atoms with Crippen molar-refractivity contribution in [1.29, 1.82) is 0 Å². The van der Waals surface area contributed by atoms with Crippen LogP contribution in [0.25, 0.3) is 0 Å². The summed E-state index contributed by atoms with van der Waals surface area (Å²) in [6.45, 7) is 3.68. The number of anilines is 2. The number of hydrogen-bond donors (Lipinski definition) is 2. The van der Waals surface area contributed by atoms with Gasteiger partial charge < -0.3 is 10.1 Å². The molecule has 0 aliphatic carbocycles. The maximum absolute atomic E-state index is 12.8. The third-order valence-electron chi connectivity index (χ3n) is 4.40. The fourth-order valence-corrected chi connectivity index (χ4v) is 3.83. The SMILES string of the molecule is COc1cccc(NC(=O)c2cc(S(=O)(=O)Nc3ccc(C)cc3)ccc2C)c1. The summed E-state index contributed by atoms with van der Waals surface area (Å²) in [4.78, 5) is 12.8. The van der Waals surface area contributed by atoms with E-state index in [2.05, 4.69) is 10.0 Å². The quantitative estimate of drug-likeness (QED) is 0.632.